The van der Waals surface area contributed by atoms with Gasteiger partial charge in [0.2, 0.25) is 15.9 Å². The predicted molar refractivity (Wildman–Crippen MR) is 140 cm³/mol. The molecule has 0 aliphatic carbocycles. The summed E-state index contributed by atoms with van der Waals surface area (Å²) in [4.78, 5) is 15.7. The number of likely N-dealkylation sites (tertiary alicyclic amines) is 1. The van der Waals surface area contributed by atoms with Crippen molar-refractivity contribution in [3.05, 3.63) is 72.3 Å². The van der Waals surface area contributed by atoms with Crippen molar-refractivity contribution >= 4 is 32.4 Å². The molecule has 0 saturated carbocycles. The highest BCUT2D eigenvalue weighted by Gasteiger charge is 2.28. The van der Waals surface area contributed by atoms with Crippen molar-refractivity contribution in [1.29, 1.82) is 0 Å². The highest BCUT2D eigenvalue weighted by Crippen LogP contribution is 2.25. The van der Waals surface area contributed by atoms with Crippen molar-refractivity contribution in [1.82, 2.24) is 9.21 Å². The lowest BCUT2D eigenvalue weighted by molar-refractivity contribution is -0.121. The van der Waals surface area contributed by atoms with Gasteiger partial charge in [-0.05, 0) is 72.8 Å². The van der Waals surface area contributed by atoms with Crippen molar-refractivity contribution in [2.45, 2.75) is 43.5 Å². The molecule has 1 N–H and O–H groups in total. The lowest BCUT2D eigenvalue weighted by Gasteiger charge is -2.32. The summed E-state index contributed by atoms with van der Waals surface area (Å²) in [5, 5.41) is 5.51. The van der Waals surface area contributed by atoms with Gasteiger partial charge in [0, 0.05) is 31.9 Å². The van der Waals surface area contributed by atoms with Gasteiger partial charge in [-0.1, -0.05) is 48.9 Å². The van der Waals surface area contributed by atoms with Crippen LogP contribution in [0.3, 0.4) is 0 Å². The van der Waals surface area contributed by atoms with Crippen LogP contribution in [0.1, 0.15) is 37.7 Å². The molecule has 0 radical (unpaired) electrons. The van der Waals surface area contributed by atoms with Crippen LogP contribution in [0.5, 0.6) is 0 Å². The van der Waals surface area contributed by atoms with Gasteiger partial charge in [-0.15, -0.1) is 0 Å². The first kappa shape index (κ1) is 24.0. The number of hydrogen-bond acceptors (Lipinski definition) is 4. The number of anilines is 1. The van der Waals surface area contributed by atoms with Crippen LogP contribution in [-0.2, 0) is 21.4 Å². The van der Waals surface area contributed by atoms with E-state index in [0.717, 1.165) is 51.7 Å². The number of amides is 1. The molecule has 1 amide bonds. The Morgan fingerprint density at radius 3 is 2.40 bits per heavy atom. The number of hydrogen-bond donors (Lipinski definition) is 1. The third-order valence-electron chi connectivity index (χ3n) is 7.22. The first-order valence-corrected chi connectivity index (χ1v) is 14.0. The molecule has 2 aliphatic heterocycles. The Labute approximate surface area is 208 Å². The second kappa shape index (κ2) is 10.5. The molecule has 3 aromatic rings. The number of rotatable bonds is 6. The molecule has 6 nitrogen and oxygen atoms in total. The van der Waals surface area contributed by atoms with Crippen molar-refractivity contribution in [2.24, 2.45) is 5.92 Å². The molecular formula is C28H33N3O3S. The molecule has 1 atom stereocenters. The summed E-state index contributed by atoms with van der Waals surface area (Å²) in [7, 11) is -3.47. The fraction of sp³-hybridized carbons (Fsp3) is 0.393. The van der Waals surface area contributed by atoms with E-state index < -0.39 is 10.0 Å². The highest BCUT2D eigenvalue weighted by molar-refractivity contribution is 7.89. The van der Waals surface area contributed by atoms with E-state index in [-0.39, 0.29) is 16.7 Å². The molecule has 0 bridgehead atoms. The van der Waals surface area contributed by atoms with E-state index in [9.17, 15) is 13.2 Å². The maximum atomic E-state index is 13.0. The zero-order valence-electron chi connectivity index (χ0n) is 20.0. The van der Waals surface area contributed by atoms with Crippen LogP contribution in [-0.4, -0.2) is 49.7 Å². The van der Waals surface area contributed by atoms with Crippen molar-refractivity contribution in [3.8, 4) is 0 Å². The van der Waals surface area contributed by atoms with E-state index in [1.54, 1.807) is 28.6 Å². The predicted octanol–water partition coefficient (Wildman–Crippen LogP) is 4.87. The number of piperidine rings is 2. The largest absolute Gasteiger partial charge is 0.326 e. The van der Waals surface area contributed by atoms with Gasteiger partial charge in [-0.25, -0.2) is 8.42 Å². The number of nitrogens with zero attached hydrogens (tertiary/aromatic N) is 2. The molecule has 2 saturated heterocycles. The molecule has 7 heteroatoms. The number of nitrogens with one attached hydrogen (secondary N) is 1. The molecule has 0 spiro atoms. The number of carbonyl (C=O) groups excluding carboxylic acids is 1. The summed E-state index contributed by atoms with van der Waals surface area (Å²) in [5.74, 6) is -0.0882. The Balaban J connectivity index is 1.21. The van der Waals surface area contributed by atoms with Crippen LogP contribution in [0.15, 0.2) is 71.6 Å². The van der Waals surface area contributed by atoms with E-state index in [0.29, 0.717) is 18.8 Å². The van der Waals surface area contributed by atoms with Crippen molar-refractivity contribution in [2.75, 3.05) is 31.5 Å². The van der Waals surface area contributed by atoms with Gasteiger partial charge in [0.1, 0.15) is 0 Å². The summed E-state index contributed by atoms with van der Waals surface area (Å²) in [6.07, 6.45) is 4.74. The summed E-state index contributed by atoms with van der Waals surface area (Å²) < 4.78 is 27.3. The maximum absolute atomic E-state index is 13.0. The molecule has 184 valence electrons. The summed E-state index contributed by atoms with van der Waals surface area (Å²) in [6, 6.07) is 21.4. The van der Waals surface area contributed by atoms with Crippen LogP contribution >= 0.6 is 0 Å². The normalized spacial score (nSPS) is 20.1. The number of fused-ring (bicyclic) bond motifs is 1. The Hall–Kier alpha value is -2.74. The van der Waals surface area contributed by atoms with E-state index >= 15 is 0 Å². The van der Waals surface area contributed by atoms with Crippen molar-refractivity contribution in [3.63, 3.8) is 0 Å². The van der Waals surface area contributed by atoms with Gasteiger partial charge in [0.15, 0.2) is 0 Å². The zero-order valence-corrected chi connectivity index (χ0v) is 20.8. The minimum absolute atomic E-state index is 0.000688. The van der Waals surface area contributed by atoms with Crippen LogP contribution < -0.4 is 5.32 Å². The molecule has 5 rings (SSSR count). The summed E-state index contributed by atoms with van der Waals surface area (Å²) in [5.41, 5.74) is 1.92. The molecule has 2 fully saturated rings. The van der Waals surface area contributed by atoms with E-state index in [4.69, 9.17) is 0 Å². The van der Waals surface area contributed by atoms with Gasteiger partial charge >= 0.3 is 0 Å². The molecule has 2 aliphatic rings. The molecule has 1 unspecified atom stereocenters. The third-order valence-corrected chi connectivity index (χ3v) is 9.14. The Morgan fingerprint density at radius 1 is 0.857 bits per heavy atom. The number of benzene rings is 3. The van der Waals surface area contributed by atoms with Crippen LogP contribution in [0.2, 0.25) is 0 Å². The SMILES string of the molecule is O=C(Nc1ccc(S(=O)(=O)N2CCCCC2)cc1)C1CCCN(Cc2cccc3ccccc23)C1. The quantitative estimate of drug-likeness (QED) is 0.534. The first-order chi connectivity index (χ1) is 17.0. The average Bonchev–Trinajstić information content (AvgIpc) is 2.90. The first-order valence-electron chi connectivity index (χ1n) is 12.6. The molecular weight excluding hydrogens is 458 g/mol. The second-order valence-electron chi connectivity index (χ2n) is 9.69. The number of sulfonamides is 1. The summed E-state index contributed by atoms with van der Waals surface area (Å²) >= 11 is 0. The van der Waals surface area contributed by atoms with Gasteiger partial charge in [0.05, 0.1) is 10.8 Å². The van der Waals surface area contributed by atoms with Crippen LogP contribution in [0.25, 0.3) is 10.8 Å². The Bertz CT molecular complexity index is 1280. The monoisotopic (exact) mass is 491 g/mol. The molecule has 2 heterocycles. The lowest BCUT2D eigenvalue weighted by Crippen LogP contribution is -2.40. The van der Waals surface area contributed by atoms with Gasteiger partial charge in [-0.2, -0.15) is 4.31 Å². The Kier molecular flexibility index (Phi) is 7.18. The molecule has 0 aromatic heterocycles. The lowest BCUT2D eigenvalue weighted by atomic mass is 9.96. The zero-order chi connectivity index (χ0) is 24.3. The maximum Gasteiger partial charge on any atom is 0.243 e. The fourth-order valence-electron chi connectivity index (χ4n) is 5.29. The van der Waals surface area contributed by atoms with E-state index in [1.165, 1.54) is 16.3 Å². The highest BCUT2D eigenvalue weighted by atomic mass is 32.2. The third kappa shape index (κ3) is 5.42. The van der Waals surface area contributed by atoms with Crippen molar-refractivity contribution < 1.29 is 13.2 Å². The second-order valence-corrected chi connectivity index (χ2v) is 11.6. The van der Waals surface area contributed by atoms with Gasteiger partial charge in [0.25, 0.3) is 0 Å². The smallest absolute Gasteiger partial charge is 0.243 e. The van der Waals surface area contributed by atoms with Crippen LogP contribution in [0, 0.1) is 5.92 Å². The standard InChI is InChI=1S/C28H33N3O3S/c32-28(29-25-13-15-26(16-14-25)35(33,34)31-18-4-1-5-19-31)24-11-7-17-30(21-24)20-23-10-6-9-22-8-2-3-12-27(22)23/h2-3,6,8-10,12-16,24H,1,4-5,7,11,17-21H2,(H,29,32). The van der Waals surface area contributed by atoms with E-state index in [2.05, 4.69) is 52.7 Å². The number of carbonyl (C=O) groups is 1. The van der Waals surface area contributed by atoms with Crippen LogP contribution in [0.4, 0.5) is 5.69 Å². The topological polar surface area (TPSA) is 69.7 Å². The molecule has 35 heavy (non-hydrogen) atoms. The minimum atomic E-state index is -3.47. The average molecular weight is 492 g/mol. The van der Waals surface area contributed by atoms with Gasteiger partial charge < -0.3 is 5.32 Å². The van der Waals surface area contributed by atoms with Gasteiger partial charge in [-0.3, -0.25) is 9.69 Å². The van der Waals surface area contributed by atoms with E-state index in [1.807, 2.05) is 0 Å². The minimum Gasteiger partial charge on any atom is -0.326 e. The molecule has 3 aromatic carbocycles. The Morgan fingerprint density at radius 2 is 1.60 bits per heavy atom. The fourth-order valence-corrected chi connectivity index (χ4v) is 6.81. The summed E-state index contributed by atoms with van der Waals surface area (Å²) in [6.45, 7) is 3.69.